The van der Waals surface area contributed by atoms with Gasteiger partial charge in [-0.05, 0) is 84.8 Å². The van der Waals surface area contributed by atoms with Crippen LogP contribution in [-0.2, 0) is 20.8 Å². The Bertz CT molecular complexity index is 2230. The Morgan fingerprint density at radius 2 is 1.28 bits per heavy atom. The standard InChI is InChI=1S/C17H14N2.C15H22N2O3.C11H11N.2C2H3F3.C2H6.H3N/c18-16-7-3-4-8-17(16)19-12-13-9-10-14-5-1-2-6-15(14)11-13;1-4-19-15(10-12(2)18-3)20-11-17-14-9-7-5-6-8-13(14)16;1-8-6-7-9-4-2-3-5-10(9)11(8)12;2*1-2(3,4)5;1-2;/h1-11,18H,12H2;6-10,12,16H,4-5,11H2,1-3H3;2-7H,12H2,1H3;2*1H3;1-2H3;1H3/b;15-10-,16-13?,17-14+;;;;;. The number of allylic oxidation sites excluding steroid dienone is 8. The van der Waals surface area contributed by atoms with Gasteiger partial charge < -0.3 is 26.1 Å². The van der Waals surface area contributed by atoms with Gasteiger partial charge in [-0.1, -0.05) is 111 Å². The van der Waals surface area contributed by atoms with E-state index in [4.69, 9.17) is 30.8 Å². The number of aliphatic imine (C=N–C) groups is 2. The number of nitrogens with one attached hydrogen (secondary N) is 2. The molecule has 0 saturated carbocycles. The molecule has 2 aliphatic rings. The Morgan fingerprint density at radius 1 is 0.750 bits per heavy atom. The van der Waals surface area contributed by atoms with Crippen LogP contribution in [0.15, 0.2) is 149 Å². The fraction of sp³-hybridized carbons (Fsp3) is 0.306. The molecule has 6 rings (SSSR count). The molecule has 64 heavy (non-hydrogen) atoms. The van der Waals surface area contributed by atoms with Crippen LogP contribution < -0.4 is 11.9 Å². The number of alkyl halides is 6. The third-order valence-electron chi connectivity index (χ3n) is 7.92. The van der Waals surface area contributed by atoms with Crippen molar-refractivity contribution in [1.29, 1.82) is 10.8 Å². The van der Waals surface area contributed by atoms with Crippen LogP contribution in [0.25, 0.3) is 21.5 Å². The number of fused-ring (bicyclic) bond motifs is 2. The summed E-state index contributed by atoms with van der Waals surface area (Å²) in [5.41, 5.74) is 11.3. The molecule has 0 fully saturated rings. The van der Waals surface area contributed by atoms with Crippen molar-refractivity contribution in [3.8, 4) is 0 Å². The quantitative estimate of drug-likeness (QED) is 0.0568. The van der Waals surface area contributed by atoms with Crippen LogP contribution in [-0.4, -0.2) is 61.8 Å². The normalized spacial score (nSPS) is 14.8. The third-order valence-corrected chi connectivity index (χ3v) is 7.92. The van der Waals surface area contributed by atoms with Crippen molar-refractivity contribution in [2.75, 3.05) is 26.2 Å². The highest BCUT2D eigenvalue weighted by atomic mass is 19.4. The highest BCUT2D eigenvalue weighted by molar-refractivity contribution is 6.50. The summed E-state index contributed by atoms with van der Waals surface area (Å²) in [5, 5.41) is 20.4. The van der Waals surface area contributed by atoms with Crippen molar-refractivity contribution in [3.05, 3.63) is 151 Å². The van der Waals surface area contributed by atoms with E-state index in [1.165, 1.54) is 21.7 Å². The molecule has 4 aromatic rings. The zero-order chi connectivity index (χ0) is 47.4. The van der Waals surface area contributed by atoms with E-state index in [0.29, 0.717) is 36.2 Å². The fourth-order valence-corrected chi connectivity index (χ4v) is 4.99. The van der Waals surface area contributed by atoms with Gasteiger partial charge in [-0.3, -0.25) is 15.8 Å². The Kier molecular flexibility index (Phi) is 27.7. The monoisotopic (exact) mass is 896 g/mol. The zero-order valence-electron chi connectivity index (χ0n) is 37.8. The minimum absolute atomic E-state index is 0. The van der Waals surface area contributed by atoms with Gasteiger partial charge in [0, 0.05) is 38.1 Å². The van der Waals surface area contributed by atoms with Gasteiger partial charge in [0.15, 0.2) is 6.73 Å². The highest BCUT2D eigenvalue weighted by Gasteiger charge is 2.16. The number of nitrogens with zero attached hydrogens (tertiary/aromatic N) is 2. The van der Waals surface area contributed by atoms with Crippen molar-refractivity contribution >= 4 is 50.1 Å². The Labute approximate surface area is 373 Å². The van der Waals surface area contributed by atoms with E-state index in [1.54, 1.807) is 25.3 Å². The molecule has 0 aliphatic heterocycles. The van der Waals surface area contributed by atoms with E-state index in [1.807, 2.05) is 95.3 Å². The number of anilines is 1. The number of ether oxygens (including phenoxy) is 3. The molecule has 0 amide bonds. The minimum Gasteiger partial charge on any atom is -0.466 e. The minimum atomic E-state index is -4.00. The maximum absolute atomic E-state index is 10.4. The van der Waals surface area contributed by atoms with Gasteiger partial charge in [-0.2, -0.15) is 26.3 Å². The highest BCUT2D eigenvalue weighted by Crippen LogP contribution is 2.23. The zero-order valence-corrected chi connectivity index (χ0v) is 37.8. The summed E-state index contributed by atoms with van der Waals surface area (Å²) in [5.74, 6) is 0.394. The largest absolute Gasteiger partial charge is 0.466 e. The summed E-state index contributed by atoms with van der Waals surface area (Å²) in [6.45, 7) is 11.4. The average molecular weight is 897 g/mol. The van der Waals surface area contributed by atoms with E-state index in [9.17, 15) is 26.3 Å². The summed E-state index contributed by atoms with van der Waals surface area (Å²) in [6.07, 6.45) is 9.34. The predicted molar refractivity (Wildman–Crippen MR) is 254 cm³/mol. The maximum atomic E-state index is 10.4. The van der Waals surface area contributed by atoms with E-state index in [-0.39, 0.29) is 32.8 Å². The number of benzene rings is 4. The first-order valence-corrected chi connectivity index (χ1v) is 20.1. The van der Waals surface area contributed by atoms with Gasteiger partial charge in [-0.15, -0.1) is 0 Å². The predicted octanol–water partition coefficient (Wildman–Crippen LogP) is 13.8. The smallest absolute Gasteiger partial charge is 0.386 e. The van der Waals surface area contributed by atoms with Gasteiger partial charge in [0.05, 0.1) is 42.1 Å². The van der Waals surface area contributed by atoms with Crippen LogP contribution in [0.4, 0.5) is 32.0 Å². The molecule has 0 spiro atoms. The van der Waals surface area contributed by atoms with Gasteiger partial charge in [0.1, 0.15) is 0 Å². The summed E-state index contributed by atoms with van der Waals surface area (Å²) >= 11 is 0. The molecule has 15 heteroatoms. The molecule has 348 valence electrons. The summed E-state index contributed by atoms with van der Waals surface area (Å²) in [6, 6.07) is 27.0. The van der Waals surface area contributed by atoms with Crippen molar-refractivity contribution in [3.63, 3.8) is 0 Å². The molecule has 0 radical (unpaired) electrons. The Balaban J connectivity index is 0.000000833. The van der Waals surface area contributed by atoms with Crippen molar-refractivity contribution < 1.29 is 40.6 Å². The van der Waals surface area contributed by atoms with Gasteiger partial charge in [0.25, 0.3) is 5.95 Å². The average Bonchev–Trinajstić information content (AvgIpc) is 3.45. The molecule has 1 unspecified atom stereocenters. The van der Waals surface area contributed by atoms with Crippen LogP contribution in [0, 0.1) is 17.7 Å². The second-order valence-corrected chi connectivity index (χ2v) is 13.2. The molecular weight excluding hydrogens is 835 g/mol. The SMILES string of the molecule is CC.CC(F)(F)F.CC(F)(F)F.CCO/C(=C/C(C)OC)OC/N=C1\C=CCC=CC1=N.Cc1ccc2ccccc2c1N.N.N=C1C=CC=CC1=NCc1ccc2ccccc2c1. The second kappa shape index (κ2) is 30.7. The summed E-state index contributed by atoms with van der Waals surface area (Å²) in [4.78, 5) is 8.74. The summed E-state index contributed by atoms with van der Waals surface area (Å²) < 4.78 is 78.1. The van der Waals surface area contributed by atoms with Gasteiger partial charge in [-0.25, -0.2) is 4.99 Å². The molecule has 0 bridgehead atoms. The number of halogens is 6. The lowest BCUT2D eigenvalue weighted by atomic mass is 10.1. The topological polar surface area (TPSA) is 161 Å². The first-order chi connectivity index (χ1) is 29.8. The molecule has 9 nitrogen and oxygen atoms in total. The second-order valence-electron chi connectivity index (χ2n) is 13.2. The molecule has 2 aliphatic carbocycles. The van der Waals surface area contributed by atoms with E-state index >= 15 is 0 Å². The van der Waals surface area contributed by atoms with E-state index in [0.717, 1.165) is 28.8 Å². The number of methoxy groups -OCH3 is 1. The van der Waals surface area contributed by atoms with E-state index in [2.05, 4.69) is 64.6 Å². The number of hydrogen-bond donors (Lipinski definition) is 4. The van der Waals surface area contributed by atoms with Crippen LogP contribution in [0.5, 0.6) is 0 Å². The lowest BCUT2D eigenvalue weighted by Crippen LogP contribution is -2.10. The van der Waals surface area contributed by atoms with Gasteiger partial charge >= 0.3 is 12.4 Å². The Hall–Kier alpha value is -6.32. The molecule has 4 aromatic carbocycles. The van der Waals surface area contributed by atoms with Crippen LogP contribution in [0.2, 0.25) is 0 Å². The molecule has 7 N–H and O–H groups in total. The van der Waals surface area contributed by atoms with E-state index < -0.39 is 12.4 Å². The fourth-order valence-electron chi connectivity index (χ4n) is 4.99. The first kappa shape index (κ1) is 57.7. The molecule has 0 saturated heterocycles. The Morgan fingerprint density at radius 3 is 1.89 bits per heavy atom. The molecular formula is C49H62F6N6O3. The third kappa shape index (κ3) is 25.6. The number of aryl methyl sites for hydroxylation is 1. The van der Waals surface area contributed by atoms with Crippen LogP contribution in [0.3, 0.4) is 0 Å². The number of hydrogen-bond acceptors (Lipinski definition) is 9. The van der Waals surface area contributed by atoms with Crippen LogP contribution >= 0.6 is 0 Å². The molecule has 0 heterocycles. The number of rotatable bonds is 9. The summed E-state index contributed by atoms with van der Waals surface area (Å²) in [7, 11) is 1.62. The molecule has 1 atom stereocenters. The first-order valence-electron chi connectivity index (χ1n) is 20.1. The van der Waals surface area contributed by atoms with Gasteiger partial charge in [0.2, 0.25) is 0 Å². The van der Waals surface area contributed by atoms with Crippen molar-refractivity contribution in [2.45, 2.75) is 79.9 Å². The lowest BCUT2D eigenvalue weighted by Gasteiger charge is -2.11. The van der Waals surface area contributed by atoms with Crippen molar-refractivity contribution in [1.82, 2.24) is 6.15 Å². The molecule has 0 aromatic heterocycles. The maximum Gasteiger partial charge on any atom is 0.386 e. The number of nitrogen functional groups attached to an aromatic ring is 1. The van der Waals surface area contributed by atoms with Crippen molar-refractivity contribution in [2.24, 2.45) is 9.98 Å². The van der Waals surface area contributed by atoms with Crippen LogP contribution in [0.1, 0.15) is 59.1 Å². The number of nitrogens with two attached hydrogens (primary N) is 1. The lowest BCUT2D eigenvalue weighted by molar-refractivity contribution is -0.111.